The maximum absolute atomic E-state index is 13.4. The van der Waals surface area contributed by atoms with Gasteiger partial charge in [0, 0.05) is 31.1 Å². The van der Waals surface area contributed by atoms with Crippen molar-refractivity contribution in [1.82, 2.24) is 9.80 Å². The van der Waals surface area contributed by atoms with Gasteiger partial charge in [-0.05, 0) is 31.9 Å². The van der Waals surface area contributed by atoms with E-state index in [4.69, 9.17) is 9.47 Å². The summed E-state index contributed by atoms with van der Waals surface area (Å²) in [5, 5.41) is 3.68. The zero-order chi connectivity index (χ0) is 22.7. The van der Waals surface area contributed by atoms with Crippen LogP contribution in [0.15, 0.2) is 30.3 Å². The van der Waals surface area contributed by atoms with Crippen LogP contribution in [0.3, 0.4) is 0 Å². The number of rotatable bonds is 5. The van der Waals surface area contributed by atoms with Gasteiger partial charge in [0.15, 0.2) is 0 Å². The van der Waals surface area contributed by atoms with E-state index in [1.807, 2.05) is 56.0 Å². The second-order valence-electron chi connectivity index (χ2n) is 8.53. The predicted molar refractivity (Wildman–Crippen MR) is 126 cm³/mol. The normalized spacial score (nSPS) is 22.0. The average Bonchev–Trinajstić information content (AvgIpc) is 3.09. The first-order valence-electron chi connectivity index (χ1n) is 11.2. The third kappa shape index (κ3) is 5.20. The molecule has 2 aliphatic rings. The highest BCUT2D eigenvalue weighted by Crippen LogP contribution is 2.40. The van der Waals surface area contributed by atoms with Crippen LogP contribution in [-0.2, 0) is 14.3 Å². The first-order chi connectivity index (χ1) is 15.4. The molecule has 1 aromatic heterocycles. The Bertz CT molecular complexity index is 946. The van der Waals surface area contributed by atoms with Gasteiger partial charge < -0.3 is 19.7 Å². The summed E-state index contributed by atoms with van der Waals surface area (Å²) >= 11 is 1.47. The summed E-state index contributed by atoms with van der Waals surface area (Å²) in [5.74, 6) is -0.156. The van der Waals surface area contributed by atoms with E-state index in [2.05, 4.69) is 10.2 Å². The molecule has 7 nitrogen and oxygen atoms in total. The number of anilines is 1. The van der Waals surface area contributed by atoms with Crippen LogP contribution < -0.4 is 5.32 Å². The van der Waals surface area contributed by atoms with Gasteiger partial charge in [-0.1, -0.05) is 30.3 Å². The number of hydrogen-bond donors (Lipinski definition) is 1. The fourth-order valence-electron chi connectivity index (χ4n) is 4.43. The molecule has 172 valence electrons. The van der Waals surface area contributed by atoms with Crippen molar-refractivity contribution in [2.24, 2.45) is 0 Å². The van der Waals surface area contributed by atoms with Crippen LogP contribution in [0.2, 0.25) is 0 Å². The van der Waals surface area contributed by atoms with Gasteiger partial charge in [0.2, 0.25) is 5.91 Å². The Morgan fingerprint density at radius 3 is 2.41 bits per heavy atom. The summed E-state index contributed by atoms with van der Waals surface area (Å²) in [4.78, 5) is 31.3. The van der Waals surface area contributed by atoms with E-state index in [9.17, 15) is 9.59 Å². The Morgan fingerprint density at radius 2 is 1.75 bits per heavy atom. The Morgan fingerprint density at radius 1 is 1.09 bits per heavy atom. The van der Waals surface area contributed by atoms with E-state index in [1.54, 1.807) is 0 Å². The molecule has 0 saturated carbocycles. The van der Waals surface area contributed by atoms with E-state index in [-0.39, 0.29) is 30.6 Å². The van der Waals surface area contributed by atoms with E-state index >= 15 is 0 Å². The molecule has 0 aliphatic carbocycles. The predicted octanol–water partition coefficient (Wildman–Crippen LogP) is 3.24. The monoisotopic (exact) mass is 457 g/mol. The SMILES string of the molecule is Cc1c(-c2ccccc2)sc(NC(=O)CN2CC(C)OC(C)C2)c1C(=O)N1CCOCC1. The molecular weight excluding hydrogens is 426 g/mol. The zero-order valence-electron chi connectivity index (χ0n) is 18.9. The van der Waals surface area contributed by atoms with Gasteiger partial charge in [-0.2, -0.15) is 0 Å². The minimum atomic E-state index is -0.108. The van der Waals surface area contributed by atoms with Crippen LogP contribution in [0.4, 0.5) is 5.00 Å². The number of nitrogens with zero attached hydrogens (tertiary/aromatic N) is 2. The molecule has 2 aliphatic heterocycles. The molecule has 32 heavy (non-hydrogen) atoms. The molecule has 2 aromatic rings. The van der Waals surface area contributed by atoms with Crippen molar-refractivity contribution in [3.63, 3.8) is 0 Å². The molecule has 8 heteroatoms. The topological polar surface area (TPSA) is 71.1 Å². The summed E-state index contributed by atoms with van der Waals surface area (Å²) in [6.45, 7) is 9.92. The minimum absolute atomic E-state index is 0.0480. The van der Waals surface area contributed by atoms with Crippen molar-refractivity contribution < 1.29 is 19.1 Å². The average molecular weight is 458 g/mol. The number of ether oxygens (including phenoxy) is 2. The largest absolute Gasteiger partial charge is 0.378 e. The first kappa shape index (κ1) is 22.9. The highest BCUT2D eigenvalue weighted by molar-refractivity contribution is 7.20. The summed E-state index contributed by atoms with van der Waals surface area (Å²) in [6.07, 6.45) is 0.192. The molecular formula is C24H31N3O4S. The number of morpholine rings is 2. The van der Waals surface area contributed by atoms with Gasteiger partial charge in [-0.15, -0.1) is 11.3 Å². The molecule has 1 aromatic carbocycles. The molecule has 0 bridgehead atoms. The lowest BCUT2D eigenvalue weighted by Crippen LogP contribution is -2.48. The lowest BCUT2D eigenvalue weighted by Gasteiger charge is -2.34. The smallest absolute Gasteiger partial charge is 0.257 e. The number of carbonyl (C=O) groups excluding carboxylic acids is 2. The number of nitrogens with one attached hydrogen (secondary N) is 1. The third-order valence-electron chi connectivity index (χ3n) is 5.81. The molecule has 2 unspecified atom stereocenters. The molecule has 2 saturated heterocycles. The van der Waals surface area contributed by atoms with E-state index < -0.39 is 0 Å². The molecule has 1 N–H and O–H groups in total. The van der Waals surface area contributed by atoms with Crippen molar-refractivity contribution in [3.05, 3.63) is 41.5 Å². The number of amides is 2. The van der Waals surface area contributed by atoms with Crippen LogP contribution in [0.25, 0.3) is 10.4 Å². The third-order valence-corrected chi connectivity index (χ3v) is 7.07. The number of benzene rings is 1. The van der Waals surface area contributed by atoms with Gasteiger partial charge in [0.1, 0.15) is 5.00 Å². The second-order valence-corrected chi connectivity index (χ2v) is 9.55. The Balaban J connectivity index is 1.59. The van der Waals surface area contributed by atoms with Crippen molar-refractivity contribution >= 4 is 28.2 Å². The minimum Gasteiger partial charge on any atom is -0.378 e. The first-order valence-corrected chi connectivity index (χ1v) is 12.0. The molecule has 3 heterocycles. The summed E-state index contributed by atoms with van der Waals surface area (Å²) in [6, 6.07) is 10.0. The Kier molecular flexibility index (Phi) is 7.25. The number of carbonyl (C=O) groups is 2. The van der Waals surface area contributed by atoms with E-state index in [0.29, 0.717) is 36.9 Å². The molecule has 2 atom stereocenters. The van der Waals surface area contributed by atoms with Gasteiger partial charge in [-0.3, -0.25) is 14.5 Å². The van der Waals surface area contributed by atoms with Crippen LogP contribution in [0.1, 0.15) is 29.8 Å². The number of thiophene rings is 1. The quantitative estimate of drug-likeness (QED) is 0.746. The summed E-state index contributed by atoms with van der Waals surface area (Å²) < 4.78 is 11.2. The molecule has 2 amide bonds. The lowest BCUT2D eigenvalue weighted by molar-refractivity contribution is -0.121. The lowest BCUT2D eigenvalue weighted by atomic mass is 10.1. The van der Waals surface area contributed by atoms with Gasteiger partial charge in [0.25, 0.3) is 5.91 Å². The maximum atomic E-state index is 13.4. The fourth-order valence-corrected chi connectivity index (χ4v) is 5.65. The van der Waals surface area contributed by atoms with E-state index in [0.717, 1.165) is 29.1 Å². The zero-order valence-corrected chi connectivity index (χ0v) is 19.7. The molecule has 2 fully saturated rings. The summed E-state index contributed by atoms with van der Waals surface area (Å²) in [7, 11) is 0. The Labute approximate surface area is 193 Å². The number of hydrogen-bond acceptors (Lipinski definition) is 6. The van der Waals surface area contributed by atoms with Gasteiger partial charge >= 0.3 is 0 Å². The van der Waals surface area contributed by atoms with Crippen LogP contribution in [0.5, 0.6) is 0 Å². The van der Waals surface area contributed by atoms with Crippen LogP contribution in [-0.4, -0.2) is 79.8 Å². The highest BCUT2D eigenvalue weighted by Gasteiger charge is 2.29. The van der Waals surface area contributed by atoms with Crippen LogP contribution in [0, 0.1) is 6.92 Å². The van der Waals surface area contributed by atoms with Crippen molar-refractivity contribution in [3.8, 4) is 10.4 Å². The molecule has 0 spiro atoms. The van der Waals surface area contributed by atoms with Crippen LogP contribution >= 0.6 is 11.3 Å². The van der Waals surface area contributed by atoms with Gasteiger partial charge in [-0.25, -0.2) is 0 Å². The van der Waals surface area contributed by atoms with Gasteiger partial charge in [0.05, 0.1) is 37.5 Å². The standard InChI is InChI=1S/C24H31N3O4S/c1-16-13-26(14-17(2)31-16)15-20(28)25-23-21(24(29)27-9-11-30-12-10-27)18(3)22(32-23)19-7-5-4-6-8-19/h4-8,16-17H,9-15H2,1-3H3,(H,25,28). The molecule has 4 rings (SSSR count). The van der Waals surface area contributed by atoms with Crippen molar-refractivity contribution in [2.45, 2.75) is 33.0 Å². The second kappa shape index (κ2) is 10.1. The Hall–Kier alpha value is -2.26. The van der Waals surface area contributed by atoms with Crippen molar-refractivity contribution in [2.75, 3.05) is 51.3 Å². The fraction of sp³-hybridized carbons (Fsp3) is 0.500. The molecule has 0 radical (unpaired) electrons. The summed E-state index contributed by atoms with van der Waals surface area (Å²) in [5.41, 5.74) is 2.54. The van der Waals surface area contributed by atoms with Crippen molar-refractivity contribution in [1.29, 1.82) is 0 Å². The highest BCUT2D eigenvalue weighted by atomic mass is 32.1. The maximum Gasteiger partial charge on any atom is 0.257 e. The van der Waals surface area contributed by atoms with E-state index in [1.165, 1.54) is 11.3 Å².